The second-order valence-electron chi connectivity index (χ2n) is 3.52. The van der Waals surface area contributed by atoms with Gasteiger partial charge >= 0.3 is 5.95 Å². The largest absolute Gasteiger partial charge is 0.740 e. The molecule has 1 N–H and O–H groups in total. The number of quaternary nitrogens is 1. The first-order valence-electron chi connectivity index (χ1n) is 4.89. The van der Waals surface area contributed by atoms with Crippen LogP contribution in [0.4, 0.5) is 5.95 Å². The molecular formula is C9H14N4S. The second-order valence-corrected chi connectivity index (χ2v) is 3.88. The zero-order valence-corrected chi connectivity index (χ0v) is 8.89. The Morgan fingerprint density at radius 2 is 2.14 bits per heavy atom. The molecule has 1 aliphatic heterocycles. The molecule has 0 aliphatic carbocycles. The summed E-state index contributed by atoms with van der Waals surface area (Å²) < 4.78 is 1.96. The Hall–Kier alpha value is -0.940. The zero-order chi connectivity index (χ0) is 9.97. The van der Waals surface area contributed by atoms with E-state index in [1.807, 2.05) is 10.6 Å². The van der Waals surface area contributed by atoms with Crippen molar-refractivity contribution in [2.75, 3.05) is 13.1 Å². The van der Waals surface area contributed by atoms with Gasteiger partial charge in [0.2, 0.25) is 0 Å². The number of hydrogen-bond donors (Lipinski definition) is 1. The third-order valence-corrected chi connectivity index (χ3v) is 2.85. The molecule has 0 bridgehead atoms. The van der Waals surface area contributed by atoms with Crippen LogP contribution in [0.2, 0.25) is 0 Å². The monoisotopic (exact) mass is 210 g/mol. The molecule has 0 aromatic carbocycles. The van der Waals surface area contributed by atoms with Crippen molar-refractivity contribution in [1.82, 2.24) is 14.8 Å². The maximum Gasteiger partial charge on any atom is 0.326 e. The first-order chi connectivity index (χ1) is 6.83. The van der Waals surface area contributed by atoms with E-state index in [0.29, 0.717) is 11.7 Å². The lowest BCUT2D eigenvalue weighted by atomic mass is 10.4. The van der Waals surface area contributed by atoms with Crippen molar-refractivity contribution in [1.29, 1.82) is 0 Å². The van der Waals surface area contributed by atoms with Crippen LogP contribution in [0.3, 0.4) is 0 Å². The summed E-state index contributed by atoms with van der Waals surface area (Å²) in [5, 5.41) is 8.65. The predicted molar refractivity (Wildman–Crippen MR) is 55.4 cm³/mol. The molecule has 5 heteroatoms. The lowest BCUT2D eigenvalue weighted by Gasteiger charge is -2.13. The molecule has 1 saturated heterocycles. The zero-order valence-electron chi connectivity index (χ0n) is 8.07. The Balaban J connectivity index is 2.26. The molecule has 1 aliphatic rings. The van der Waals surface area contributed by atoms with Gasteiger partial charge in [-0.1, -0.05) is 11.2 Å². The van der Waals surface area contributed by atoms with Gasteiger partial charge in [0.25, 0.3) is 0 Å². The van der Waals surface area contributed by atoms with Crippen molar-refractivity contribution in [2.24, 2.45) is 0 Å². The minimum Gasteiger partial charge on any atom is -0.740 e. The highest BCUT2D eigenvalue weighted by Gasteiger charge is 2.23. The maximum absolute atomic E-state index is 5.10. The van der Waals surface area contributed by atoms with Crippen LogP contribution in [0.15, 0.2) is 17.8 Å². The van der Waals surface area contributed by atoms with Crippen LogP contribution in [0.25, 0.3) is 0 Å². The van der Waals surface area contributed by atoms with Gasteiger partial charge < -0.3 is 12.6 Å². The average molecular weight is 210 g/mol. The van der Waals surface area contributed by atoms with Gasteiger partial charge in [0.05, 0.1) is 13.1 Å². The molecule has 2 rings (SSSR count). The van der Waals surface area contributed by atoms with E-state index in [-0.39, 0.29) is 0 Å². The minimum absolute atomic E-state index is 0.569. The molecule has 1 aromatic rings. The van der Waals surface area contributed by atoms with Crippen molar-refractivity contribution < 1.29 is 4.90 Å². The Labute approximate surface area is 89.0 Å². The van der Waals surface area contributed by atoms with Gasteiger partial charge in [-0.3, -0.25) is 9.47 Å². The number of nitrogens with zero attached hydrogens (tertiary/aromatic N) is 3. The highest BCUT2D eigenvalue weighted by atomic mass is 32.1. The molecular weight excluding hydrogens is 196 g/mol. The Bertz CT molecular complexity index is 328. The van der Waals surface area contributed by atoms with Gasteiger partial charge in [0.1, 0.15) is 0 Å². The third kappa shape index (κ3) is 1.65. The molecule has 2 heterocycles. The van der Waals surface area contributed by atoms with Gasteiger partial charge in [0, 0.05) is 24.5 Å². The van der Waals surface area contributed by atoms with Gasteiger partial charge in [-0.2, -0.15) is 5.10 Å². The summed E-state index contributed by atoms with van der Waals surface area (Å²) in [5.74, 6) is 0.979. The maximum atomic E-state index is 5.10. The first kappa shape index (κ1) is 9.61. The van der Waals surface area contributed by atoms with Crippen LogP contribution >= 0.6 is 0 Å². The summed E-state index contributed by atoms with van der Waals surface area (Å²) in [7, 11) is 0. The van der Waals surface area contributed by atoms with E-state index >= 15 is 0 Å². The summed E-state index contributed by atoms with van der Waals surface area (Å²) in [6.07, 6.45) is 4.37. The van der Waals surface area contributed by atoms with Gasteiger partial charge in [-0.15, -0.1) is 6.58 Å². The van der Waals surface area contributed by atoms with E-state index in [0.717, 1.165) is 19.0 Å². The van der Waals surface area contributed by atoms with E-state index < -0.39 is 0 Å². The second kappa shape index (κ2) is 4.06. The fraction of sp³-hybridized carbons (Fsp3) is 0.556. The fourth-order valence-electron chi connectivity index (χ4n) is 1.87. The number of allylic oxidation sites excluding steroid dienone is 1. The van der Waals surface area contributed by atoms with Crippen molar-refractivity contribution in [3.8, 4) is 0 Å². The third-order valence-electron chi connectivity index (χ3n) is 2.55. The highest BCUT2D eigenvalue weighted by Crippen LogP contribution is 2.05. The van der Waals surface area contributed by atoms with Crippen molar-refractivity contribution in [2.45, 2.75) is 24.5 Å². The van der Waals surface area contributed by atoms with Crippen molar-refractivity contribution >= 4 is 18.6 Å². The van der Waals surface area contributed by atoms with Crippen molar-refractivity contribution in [3.05, 3.63) is 12.7 Å². The molecule has 4 nitrogen and oxygen atoms in total. The van der Waals surface area contributed by atoms with E-state index in [1.165, 1.54) is 17.7 Å². The molecule has 14 heavy (non-hydrogen) atoms. The summed E-state index contributed by atoms with van der Waals surface area (Å²) in [6.45, 7) is 6.71. The van der Waals surface area contributed by atoms with Crippen LogP contribution in [-0.2, 0) is 19.2 Å². The molecule has 76 valence electrons. The fourth-order valence-corrected chi connectivity index (χ4v) is 2.07. The standard InChI is InChI=1S/C9H14N4S/c1-2-5-13-8(10-11-9(13)14)12-6-3-4-7-12/h2H,1,3-7H2,(H,11,14). The number of nitrogens with one attached hydrogen (secondary N) is 1. The Kier molecular flexibility index (Phi) is 2.79. The number of rotatable bonds is 3. The lowest BCUT2D eigenvalue weighted by Crippen LogP contribution is -3.05. The Morgan fingerprint density at radius 1 is 1.43 bits per heavy atom. The highest BCUT2D eigenvalue weighted by molar-refractivity contribution is 7.58. The van der Waals surface area contributed by atoms with Crippen LogP contribution in [0.1, 0.15) is 12.8 Å². The van der Waals surface area contributed by atoms with Crippen LogP contribution in [0, 0.1) is 0 Å². The SMILES string of the molecule is C=CCn1c([S-])nnc1[NH+]1CCCC1. The summed E-state index contributed by atoms with van der Waals surface area (Å²) in [6, 6.07) is 0. The summed E-state index contributed by atoms with van der Waals surface area (Å²) >= 11 is 5.10. The molecule has 1 fully saturated rings. The van der Waals surface area contributed by atoms with Crippen molar-refractivity contribution in [3.63, 3.8) is 0 Å². The number of aromatic nitrogens is 3. The molecule has 0 saturated carbocycles. The van der Waals surface area contributed by atoms with E-state index in [4.69, 9.17) is 12.6 Å². The molecule has 0 unspecified atom stereocenters. The van der Waals surface area contributed by atoms with E-state index in [1.54, 1.807) is 0 Å². The number of hydrogen-bond acceptors (Lipinski definition) is 3. The normalized spacial score (nSPS) is 17.4. The topological polar surface area (TPSA) is 35.1 Å². The summed E-state index contributed by atoms with van der Waals surface area (Å²) in [5.41, 5.74) is 0. The molecule has 0 spiro atoms. The van der Waals surface area contributed by atoms with Gasteiger partial charge in [-0.05, 0) is 0 Å². The van der Waals surface area contributed by atoms with Gasteiger partial charge in [-0.25, -0.2) is 0 Å². The first-order valence-corrected chi connectivity index (χ1v) is 5.30. The van der Waals surface area contributed by atoms with Crippen LogP contribution < -0.4 is 4.90 Å². The van der Waals surface area contributed by atoms with E-state index in [2.05, 4.69) is 16.8 Å². The molecule has 0 atom stereocenters. The smallest absolute Gasteiger partial charge is 0.326 e. The van der Waals surface area contributed by atoms with E-state index in [9.17, 15) is 0 Å². The molecule has 0 amide bonds. The average Bonchev–Trinajstić information content (AvgIpc) is 2.77. The molecule has 0 radical (unpaired) electrons. The van der Waals surface area contributed by atoms with Crippen LogP contribution in [0.5, 0.6) is 0 Å². The summed E-state index contributed by atoms with van der Waals surface area (Å²) in [4.78, 5) is 1.40. The Morgan fingerprint density at radius 3 is 2.79 bits per heavy atom. The van der Waals surface area contributed by atoms with Gasteiger partial charge in [0.15, 0.2) is 0 Å². The quantitative estimate of drug-likeness (QED) is 0.548. The van der Waals surface area contributed by atoms with Crippen LogP contribution in [-0.4, -0.2) is 27.9 Å². The minimum atomic E-state index is 0.569. The predicted octanol–water partition coefficient (Wildman–Crippen LogP) is -0.320. The lowest BCUT2D eigenvalue weighted by molar-refractivity contribution is -0.824. The molecule has 1 aromatic heterocycles.